The molecule has 3 N–H and O–H groups in total. The van der Waals surface area contributed by atoms with Crippen molar-refractivity contribution in [3.8, 4) is 16.9 Å². The lowest BCUT2D eigenvalue weighted by Crippen LogP contribution is -2.18. The van der Waals surface area contributed by atoms with Crippen LogP contribution in [0.15, 0.2) is 77.6 Å². The molecule has 6 heteroatoms. The van der Waals surface area contributed by atoms with Crippen LogP contribution in [0, 0.1) is 0 Å². The van der Waals surface area contributed by atoms with E-state index in [1.807, 2.05) is 24.3 Å². The number of H-pyrrole nitrogens is 1. The summed E-state index contributed by atoms with van der Waals surface area (Å²) in [5, 5.41) is 20.1. The highest BCUT2D eigenvalue weighted by atomic mass is 16.3. The van der Waals surface area contributed by atoms with Gasteiger partial charge in [-0.25, -0.2) is 5.10 Å². The van der Waals surface area contributed by atoms with Crippen molar-refractivity contribution < 1.29 is 9.90 Å². The zero-order valence-electron chi connectivity index (χ0n) is 14.8. The predicted octanol–water partition coefficient (Wildman–Crippen LogP) is 3.48. The van der Waals surface area contributed by atoms with Gasteiger partial charge in [0, 0.05) is 11.1 Å². The van der Waals surface area contributed by atoms with Crippen molar-refractivity contribution in [2.75, 3.05) is 5.32 Å². The Morgan fingerprint density at radius 2 is 1.68 bits per heavy atom. The Hall–Kier alpha value is -3.93. The van der Waals surface area contributed by atoms with Gasteiger partial charge in [0.15, 0.2) is 0 Å². The lowest BCUT2D eigenvalue weighted by Gasteiger charge is -2.08. The van der Waals surface area contributed by atoms with Crippen LogP contribution in [0.1, 0.15) is 5.69 Å². The van der Waals surface area contributed by atoms with E-state index in [0.29, 0.717) is 22.2 Å². The lowest BCUT2D eigenvalue weighted by atomic mass is 10.1. The fourth-order valence-electron chi connectivity index (χ4n) is 3.09. The fraction of sp³-hybridized carbons (Fsp3) is 0.0455. The van der Waals surface area contributed by atoms with E-state index < -0.39 is 0 Å². The predicted molar refractivity (Wildman–Crippen MR) is 108 cm³/mol. The molecule has 0 unspecified atom stereocenters. The Kier molecular flexibility index (Phi) is 4.60. The number of fused-ring (bicyclic) bond motifs is 1. The third-order valence-electron chi connectivity index (χ3n) is 4.45. The smallest absolute Gasteiger partial charge is 0.272 e. The number of phenols is 1. The van der Waals surface area contributed by atoms with Crippen molar-refractivity contribution in [1.29, 1.82) is 0 Å². The number of anilines is 1. The Balaban J connectivity index is 1.50. The Morgan fingerprint density at radius 1 is 0.929 bits per heavy atom. The summed E-state index contributed by atoms with van der Waals surface area (Å²) >= 11 is 0. The molecule has 3 aromatic carbocycles. The normalized spacial score (nSPS) is 10.7. The summed E-state index contributed by atoms with van der Waals surface area (Å²) in [5.41, 5.74) is 2.72. The molecule has 0 saturated carbocycles. The average molecular weight is 371 g/mol. The second kappa shape index (κ2) is 7.36. The van der Waals surface area contributed by atoms with Gasteiger partial charge in [0.1, 0.15) is 5.75 Å². The number of phenolic OH excluding ortho intramolecular Hbond substituents is 1. The molecule has 0 saturated heterocycles. The Morgan fingerprint density at radius 3 is 2.43 bits per heavy atom. The highest BCUT2D eigenvalue weighted by molar-refractivity contribution is 5.95. The van der Waals surface area contributed by atoms with Gasteiger partial charge in [0.25, 0.3) is 5.56 Å². The van der Waals surface area contributed by atoms with E-state index >= 15 is 0 Å². The van der Waals surface area contributed by atoms with Crippen molar-refractivity contribution in [1.82, 2.24) is 10.2 Å². The molecule has 6 nitrogen and oxygen atoms in total. The maximum atomic E-state index is 12.4. The number of aromatic amines is 1. The van der Waals surface area contributed by atoms with Crippen molar-refractivity contribution in [2.24, 2.45) is 0 Å². The van der Waals surface area contributed by atoms with Gasteiger partial charge in [-0.3, -0.25) is 9.59 Å². The van der Waals surface area contributed by atoms with Gasteiger partial charge in [0.2, 0.25) is 5.91 Å². The first-order valence-corrected chi connectivity index (χ1v) is 8.76. The Bertz CT molecular complexity index is 1210. The summed E-state index contributed by atoms with van der Waals surface area (Å²) in [6, 6.07) is 21.4. The molecule has 0 atom stereocenters. The van der Waals surface area contributed by atoms with Gasteiger partial charge in [0.05, 0.1) is 17.5 Å². The van der Waals surface area contributed by atoms with E-state index in [1.165, 1.54) is 0 Å². The molecular formula is C22H17N3O3. The van der Waals surface area contributed by atoms with Crippen LogP contribution in [0.4, 0.5) is 5.69 Å². The van der Waals surface area contributed by atoms with Gasteiger partial charge in [-0.15, -0.1) is 0 Å². The summed E-state index contributed by atoms with van der Waals surface area (Å²) in [6.07, 6.45) is 0.0472. The van der Waals surface area contributed by atoms with Crippen LogP contribution in [0.3, 0.4) is 0 Å². The number of nitrogens with one attached hydrogen (secondary N) is 2. The van der Waals surface area contributed by atoms with Crippen molar-refractivity contribution in [2.45, 2.75) is 6.42 Å². The van der Waals surface area contributed by atoms with Gasteiger partial charge in [-0.2, -0.15) is 5.10 Å². The maximum Gasteiger partial charge on any atom is 0.272 e. The van der Waals surface area contributed by atoms with Crippen LogP contribution in [-0.2, 0) is 11.2 Å². The number of aromatic nitrogens is 2. The number of carbonyl (C=O) groups is 1. The van der Waals surface area contributed by atoms with Crippen LogP contribution in [0.2, 0.25) is 0 Å². The standard InChI is InChI=1S/C22H17N3O3/c26-17-5-3-4-15(12-17)14-8-10-16(11-9-14)23-21(27)13-20-18-6-1-2-7-19(18)22(28)25-24-20/h1-12,26H,13H2,(H,23,27)(H,25,28). The van der Waals surface area contributed by atoms with Crippen molar-refractivity contribution in [3.05, 3.63) is 88.8 Å². The number of amides is 1. The monoisotopic (exact) mass is 371 g/mol. The van der Waals surface area contributed by atoms with Crippen molar-refractivity contribution in [3.63, 3.8) is 0 Å². The van der Waals surface area contributed by atoms with Gasteiger partial charge in [-0.05, 0) is 41.5 Å². The summed E-state index contributed by atoms with van der Waals surface area (Å²) in [5.74, 6) is -0.0229. The van der Waals surface area contributed by atoms with Crippen LogP contribution < -0.4 is 10.9 Å². The molecule has 28 heavy (non-hydrogen) atoms. The number of aromatic hydroxyl groups is 1. The first-order valence-electron chi connectivity index (χ1n) is 8.76. The zero-order chi connectivity index (χ0) is 19.5. The van der Waals surface area contributed by atoms with E-state index in [2.05, 4.69) is 15.5 Å². The number of rotatable bonds is 4. The highest BCUT2D eigenvalue weighted by Gasteiger charge is 2.11. The fourth-order valence-corrected chi connectivity index (χ4v) is 3.09. The second-order valence-corrected chi connectivity index (χ2v) is 6.40. The zero-order valence-corrected chi connectivity index (χ0v) is 14.8. The van der Waals surface area contributed by atoms with E-state index in [1.54, 1.807) is 48.5 Å². The third-order valence-corrected chi connectivity index (χ3v) is 4.45. The summed E-state index contributed by atoms with van der Waals surface area (Å²) < 4.78 is 0. The molecule has 0 fully saturated rings. The van der Waals surface area contributed by atoms with E-state index in [0.717, 1.165) is 11.1 Å². The van der Waals surface area contributed by atoms with Crippen LogP contribution in [0.25, 0.3) is 21.9 Å². The van der Waals surface area contributed by atoms with Crippen LogP contribution >= 0.6 is 0 Å². The molecule has 0 aliphatic heterocycles. The highest BCUT2D eigenvalue weighted by Crippen LogP contribution is 2.24. The molecule has 138 valence electrons. The average Bonchev–Trinajstić information content (AvgIpc) is 2.71. The summed E-state index contributed by atoms with van der Waals surface area (Å²) in [7, 11) is 0. The van der Waals surface area contributed by atoms with Gasteiger partial charge < -0.3 is 10.4 Å². The number of hydrogen-bond acceptors (Lipinski definition) is 4. The molecule has 4 rings (SSSR count). The van der Waals surface area contributed by atoms with Crippen molar-refractivity contribution >= 4 is 22.4 Å². The van der Waals surface area contributed by atoms with Gasteiger partial charge >= 0.3 is 0 Å². The largest absolute Gasteiger partial charge is 0.508 e. The summed E-state index contributed by atoms with van der Waals surface area (Å²) in [6.45, 7) is 0. The molecule has 0 aliphatic carbocycles. The van der Waals surface area contributed by atoms with Crippen LogP contribution in [0.5, 0.6) is 5.75 Å². The minimum absolute atomic E-state index is 0.0472. The van der Waals surface area contributed by atoms with Gasteiger partial charge in [-0.1, -0.05) is 42.5 Å². The second-order valence-electron chi connectivity index (χ2n) is 6.40. The molecule has 0 radical (unpaired) electrons. The minimum atomic E-state index is -0.276. The van der Waals surface area contributed by atoms with Crippen LogP contribution in [-0.4, -0.2) is 21.2 Å². The summed E-state index contributed by atoms with van der Waals surface area (Å²) in [4.78, 5) is 24.3. The number of benzene rings is 3. The number of hydrogen-bond donors (Lipinski definition) is 3. The quantitative estimate of drug-likeness (QED) is 0.512. The third kappa shape index (κ3) is 3.61. The Labute approximate surface area is 160 Å². The maximum absolute atomic E-state index is 12.4. The molecule has 1 heterocycles. The lowest BCUT2D eigenvalue weighted by molar-refractivity contribution is -0.115. The SMILES string of the molecule is O=C(Cc1n[nH]c(=O)c2ccccc12)Nc1ccc(-c2cccc(O)c2)cc1. The number of nitrogens with zero attached hydrogens (tertiary/aromatic N) is 1. The van der Waals surface area contributed by atoms with E-state index in [4.69, 9.17) is 0 Å². The first-order chi connectivity index (χ1) is 13.6. The molecule has 1 amide bonds. The number of carbonyl (C=O) groups excluding carboxylic acids is 1. The van der Waals surface area contributed by atoms with E-state index in [-0.39, 0.29) is 23.6 Å². The molecule has 0 spiro atoms. The molecule has 1 aromatic heterocycles. The topological polar surface area (TPSA) is 95.1 Å². The van der Waals surface area contributed by atoms with E-state index in [9.17, 15) is 14.7 Å². The first kappa shape index (κ1) is 17.5. The minimum Gasteiger partial charge on any atom is -0.508 e. The molecule has 4 aromatic rings. The molecule has 0 aliphatic rings. The molecule has 0 bridgehead atoms. The molecular weight excluding hydrogens is 354 g/mol.